The topological polar surface area (TPSA) is 36.9 Å². The molecule has 0 aromatic carbocycles. The highest BCUT2D eigenvalue weighted by Gasteiger charge is 2.27. The Kier molecular flexibility index (Phi) is 3.09. The van der Waals surface area contributed by atoms with Crippen LogP contribution in [0.3, 0.4) is 0 Å². The number of nitrogens with one attached hydrogen (secondary N) is 1. The van der Waals surface area contributed by atoms with Gasteiger partial charge in [0.05, 0.1) is 5.52 Å². The van der Waals surface area contributed by atoms with E-state index in [0.29, 0.717) is 12.1 Å². The van der Waals surface area contributed by atoms with E-state index in [0.717, 1.165) is 15.9 Å². The molecule has 4 nitrogen and oxygen atoms in total. The van der Waals surface area contributed by atoms with Crippen LogP contribution in [0.1, 0.15) is 38.7 Å². The molecular weight excluding hydrogens is 256 g/mol. The van der Waals surface area contributed by atoms with Crippen LogP contribution >= 0.6 is 12.2 Å². The maximum Gasteiger partial charge on any atom is 0.198 e. The Morgan fingerprint density at radius 3 is 2.68 bits per heavy atom. The maximum atomic E-state index is 5.53. The lowest BCUT2D eigenvalue weighted by atomic mass is 10.00. The van der Waals surface area contributed by atoms with Crippen molar-refractivity contribution in [2.45, 2.75) is 52.1 Å². The van der Waals surface area contributed by atoms with Gasteiger partial charge in [0.2, 0.25) is 0 Å². The summed E-state index contributed by atoms with van der Waals surface area (Å²) in [5.41, 5.74) is 3.19. The van der Waals surface area contributed by atoms with E-state index in [9.17, 15) is 0 Å². The Bertz CT molecular complexity index is 647. The van der Waals surface area contributed by atoms with Crippen LogP contribution in [0.5, 0.6) is 0 Å². The number of hydrogen-bond donors (Lipinski definition) is 1. The first-order valence-electron chi connectivity index (χ1n) is 6.94. The molecule has 0 radical (unpaired) electrons. The molecule has 0 aliphatic carbocycles. The molecule has 3 heterocycles. The van der Waals surface area contributed by atoms with Gasteiger partial charge in [-0.2, -0.15) is 0 Å². The summed E-state index contributed by atoms with van der Waals surface area (Å²) >= 11 is 5.53. The van der Waals surface area contributed by atoms with Gasteiger partial charge in [0.15, 0.2) is 10.4 Å². The van der Waals surface area contributed by atoms with Crippen molar-refractivity contribution in [3.63, 3.8) is 0 Å². The summed E-state index contributed by atoms with van der Waals surface area (Å²) in [6, 6.07) is 3.01. The molecule has 2 unspecified atom stereocenters. The van der Waals surface area contributed by atoms with Crippen molar-refractivity contribution in [2.75, 3.05) is 5.01 Å². The van der Waals surface area contributed by atoms with Gasteiger partial charge in [-0.1, -0.05) is 0 Å². The van der Waals surface area contributed by atoms with Crippen molar-refractivity contribution in [1.29, 1.82) is 0 Å². The Morgan fingerprint density at radius 1 is 1.32 bits per heavy atom. The summed E-state index contributed by atoms with van der Waals surface area (Å²) in [5, 5.41) is 2.39. The largest absolute Gasteiger partial charge is 0.328 e. The number of fused-ring (bicyclic) bond motifs is 1. The summed E-state index contributed by atoms with van der Waals surface area (Å²) in [6.45, 7) is 6.63. The third-order valence-corrected chi connectivity index (χ3v) is 4.42. The molecule has 5 heteroatoms. The molecule has 1 aliphatic heterocycles. The molecule has 102 valence electrons. The molecular formula is C14H20N4S. The summed E-state index contributed by atoms with van der Waals surface area (Å²) in [5.74, 6) is 0. The number of imidazole rings is 1. The second-order valence-corrected chi connectivity index (χ2v) is 5.96. The van der Waals surface area contributed by atoms with Crippen LogP contribution in [0.25, 0.3) is 11.2 Å². The zero-order valence-corrected chi connectivity index (χ0v) is 12.5. The Morgan fingerprint density at radius 2 is 2.00 bits per heavy atom. The molecule has 2 aromatic heterocycles. The van der Waals surface area contributed by atoms with Crippen molar-refractivity contribution in [1.82, 2.24) is 14.6 Å². The first-order chi connectivity index (χ1) is 9.09. The van der Waals surface area contributed by atoms with Gasteiger partial charge in [0, 0.05) is 18.3 Å². The molecule has 0 bridgehead atoms. The fourth-order valence-corrected chi connectivity index (χ4v) is 3.41. The molecule has 0 saturated carbocycles. The molecule has 0 spiro atoms. The predicted octanol–water partition coefficient (Wildman–Crippen LogP) is 3.30. The van der Waals surface area contributed by atoms with Crippen molar-refractivity contribution in [2.24, 2.45) is 0 Å². The number of aromatic amines is 1. The third-order valence-electron chi connectivity index (χ3n) is 4.14. The fraction of sp³-hybridized carbons (Fsp3) is 0.571. The molecule has 2 atom stereocenters. The predicted molar refractivity (Wildman–Crippen MR) is 80.6 cm³/mol. The zero-order chi connectivity index (χ0) is 13.6. The van der Waals surface area contributed by atoms with Crippen molar-refractivity contribution < 1.29 is 0 Å². The highest BCUT2D eigenvalue weighted by Crippen LogP contribution is 2.24. The number of aromatic nitrogens is 3. The van der Waals surface area contributed by atoms with E-state index < -0.39 is 0 Å². The van der Waals surface area contributed by atoms with Crippen molar-refractivity contribution >= 4 is 23.4 Å². The van der Waals surface area contributed by atoms with E-state index in [-0.39, 0.29) is 0 Å². The zero-order valence-electron chi connectivity index (χ0n) is 11.7. The summed E-state index contributed by atoms with van der Waals surface area (Å²) < 4.78 is 2.85. The first kappa shape index (κ1) is 12.7. The molecule has 0 amide bonds. The molecule has 1 fully saturated rings. The minimum absolute atomic E-state index is 0.497. The van der Waals surface area contributed by atoms with Gasteiger partial charge >= 0.3 is 0 Å². The van der Waals surface area contributed by atoms with E-state index in [4.69, 9.17) is 12.2 Å². The molecule has 2 aromatic rings. The number of hydrogen-bond acceptors (Lipinski definition) is 3. The summed E-state index contributed by atoms with van der Waals surface area (Å²) in [6.07, 6.45) is 5.58. The van der Waals surface area contributed by atoms with E-state index >= 15 is 0 Å². The van der Waals surface area contributed by atoms with Gasteiger partial charge in [0.1, 0.15) is 0 Å². The van der Waals surface area contributed by atoms with Crippen LogP contribution in [0, 0.1) is 11.7 Å². The van der Waals surface area contributed by atoms with Crippen LogP contribution in [0.15, 0.2) is 12.3 Å². The number of piperidine rings is 1. The van der Waals surface area contributed by atoms with Crippen molar-refractivity contribution in [3.05, 3.63) is 22.6 Å². The standard InChI is InChI=1S/C14H20N4S/c1-9-7-8-15-13-12(9)16-14(19)18(13)17-10(2)5-4-6-11(17)3/h7-8,10-11H,4-6H2,1-3H3,(H,16,19). The van der Waals surface area contributed by atoms with Crippen LogP contribution in [-0.4, -0.2) is 26.7 Å². The quantitative estimate of drug-likeness (QED) is 0.812. The molecule has 19 heavy (non-hydrogen) atoms. The second kappa shape index (κ2) is 4.63. The minimum Gasteiger partial charge on any atom is -0.328 e. The van der Waals surface area contributed by atoms with Gasteiger partial charge in [0.25, 0.3) is 0 Å². The first-order valence-corrected chi connectivity index (χ1v) is 7.35. The lowest BCUT2D eigenvalue weighted by Crippen LogP contribution is -2.51. The fourth-order valence-electron chi connectivity index (χ4n) is 3.13. The lowest BCUT2D eigenvalue weighted by molar-refractivity contribution is 0.338. The molecule has 1 aliphatic rings. The van der Waals surface area contributed by atoms with Gasteiger partial charge in [-0.05, 0) is 63.9 Å². The molecule has 3 rings (SSSR count). The Hall–Kier alpha value is -1.36. The maximum absolute atomic E-state index is 5.53. The smallest absolute Gasteiger partial charge is 0.198 e. The van der Waals surface area contributed by atoms with Gasteiger partial charge < -0.3 is 9.99 Å². The normalized spacial score (nSPS) is 24.1. The second-order valence-electron chi connectivity index (χ2n) is 5.58. The highest BCUT2D eigenvalue weighted by atomic mass is 32.1. The van der Waals surface area contributed by atoms with Crippen LogP contribution in [0.2, 0.25) is 0 Å². The third kappa shape index (κ3) is 1.96. The van der Waals surface area contributed by atoms with E-state index in [1.807, 2.05) is 12.3 Å². The summed E-state index contributed by atoms with van der Waals surface area (Å²) in [7, 11) is 0. The number of pyridine rings is 1. The summed E-state index contributed by atoms with van der Waals surface area (Å²) in [4.78, 5) is 7.84. The number of aryl methyl sites for hydroxylation is 1. The van der Waals surface area contributed by atoms with Crippen LogP contribution in [0.4, 0.5) is 0 Å². The number of H-pyrrole nitrogens is 1. The average molecular weight is 276 g/mol. The highest BCUT2D eigenvalue weighted by molar-refractivity contribution is 7.71. The van der Waals surface area contributed by atoms with E-state index in [1.165, 1.54) is 24.8 Å². The monoisotopic (exact) mass is 276 g/mol. The molecule has 1 saturated heterocycles. The SMILES string of the molecule is Cc1ccnc2c1[nH]c(=S)n2N1C(C)CCCC1C. The molecule has 1 N–H and O–H groups in total. The Labute approximate surface area is 118 Å². The van der Waals surface area contributed by atoms with Crippen molar-refractivity contribution in [3.8, 4) is 0 Å². The lowest BCUT2D eigenvalue weighted by Gasteiger charge is -2.41. The average Bonchev–Trinajstić information content (AvgIpc) is 2.68. The van der Waals surface area contributed by atoms with E-state index in [2.05, 4.69) is 40.4 Å². The van der Waals surface area contributed by atoms with Gasteiger partial charge in [-0.25, -0.2) is 9.66 Å². The van der Waals surface area contributed by atoms with E-state index in [1.54, 1.807) is 0 Å². The number of rotatable bonds is 1. The number of nitrogens with zero attached hydrogens (tertiary/aromatic N) is 3. The van der Waals surface area contributed by atoms with Crippen LogP contribution < -0.4 is 5.01 Å². The minimum atomic E-state index is 0.497. The van der Waals surface area contributed by atoms with Crippen LogP contribution in [-0.2, 0) is 0 Å². The van der Waals surface area contributed by atoms with Gasteiger partial charge in [-0.3, -0.25) is 0 Å². The van der Waals surface area contributed by atoms with Gasteiger partial charge in [-0.15, -0.1) is 0 Å². The Balaban J connectivity index is 2.22.